The third-order valence-electron chi connectivity index (χ3n) is 3.83. The summed E-state index contributed by atoms with van der Waals surface area (Å²) in [7, 11) is 0. The number of aliphatic hydroxyl groups excluding tert-OH is 1. The molecule has 1 atom stereocenters. The van der Waals surface area contributed by atoms with E-state index in [-0.39, 0.29) is 22.8 Å². The summed E-state index contributed by atoms with van der Waals surface area (Å²) < 4.78 is 13.5. The molecule has 0 saturated carbocycles. The molecule has 0 amide bonds. The van der Waals surface area contributed by atoms with Crippen molar-refractivity contribution in [2.75, 3.05) is 19.6 Å². The number of hydrogen-bond acceptors (Lipinski definition) is 3. The van der Waals surface area contributed by atoms with Crippen LogP contribution in [0.25, 0.3) is 0 Å². The standard InChI is InChI=1S/C15H19ClFNO2.2C2H6/c1-10(19)13(9-18-6-4-12(20)5-7-18)11-2-3-14(16)15(17)8-11;2*1-2/h2-3,8,12-13,20H,4-7,9H2,1H3;2*1-2H3. The SMILES string of the molecule is CC.CC.CC(=O)C(CN1CCC(O)CC1)c1ccc(Cl)c(F)c1. The number of halogens is 2. The maximum Gasteiger partial charge on any atom is 0.142 e. The van der Waals surface area contributed by atoms with Crippen molar-refractivity contribution >= 4 is 17.4 Å². The van der Waals surface area contributed by atoms with E-state index in [1.54, 1.807) is 6.07 Å². The van der Waals surface area contributed by atoms with E-state index in [4.69, 9.17) is 11.6 Å². The first-order valence-electron chi connectivity index (χ1n) is 8.83. The molecule has 0 radical (unpaired) electrons. The first-order chi connectivity index (χ1) is 11.5. The van der Waals surface area contributed by atoms with Gasteiger partial charge in [-0.25, -0.2) is 4.39 Å². The highest BCUT2D eigenvalue weighted by Crippen LogP contribution is 2.24. The van der Waals surface area contributed by atoms with Gasteiger partial charge >= 0.3 is 0 Å². The van der Waals surface area contributed by atoms with Crippen LogP contribution in [0.5, 0.6) is 0 Å². The zero-order chi connectivity index (χ0) is 18.7. The molecule has 1 heterocycles. The molecule has 1 aromatic carbocycles. The minimum Gasteiger partial charge on any atom is -0.393 e. The summed E-state index contributed by atoms with van der Waals surface area (Å²) in [6, 6.07) is 4.53. The van der Waals surface area contributed by atoms with Crippen LogP contribution < -0.4 is 0 Å². The van der Waals surface area contributed by atoms with Gasteiger partial charge in [0.05, 0.1) is 17.0 Å². The minimum atomic E-state index is -0.496. The van der Waals surface area contributed by atoms with Crippen LogP contribution in [-0.4, -0.2) is 41.5 Å². The summed E-state index contributed by atoms with van der Waals surface area (Å²) in [4.78, 5) is 14.0. The molecule has 1 aromatic rings. The van der Waals surface area contributed by atoms with Gasteiger partial charge in [0.1, 0.15) is 11.6 Å². The maximum atomic E-state index is 13.5. The highest BCUT2D eigenvalue weighted by Gasteiger charge is 2.24. The topological polar surface area (TPSA) is 40.5 Å². The van der Waals surface area contributed by atoms with Crippen LogP contribution in [0.2, 0.25) is 5.02 Å². The van der Waals surface area contributed by atoms with Crippen molar-refractivity contribution in [3.8, 4) is 0 Å². The number of aliphatic hydroxyl groups is 1. The first-order valence-corrected chi connectivity index (χ1v) is 9.21. The van der Waals surface area contributed by atoms with E-state index in [1.807, 2.05) is 27.7 Å². The summed E-state index contributed by atoms with van der Waals surface area (Å²) in [6.45, 7) is 11.6. The monoisotopic (exact) mass is 359 g/mol. The lowest BCUT2D eigenvalue weighted by Gasteiger charge is -2.32. The molecule has 0 aliphatic carbocycles. The number of carbonyl (C=O) groups is 1. The fourth-order valence-electron chi connectivity index (χ4n) is 2.56. The van der Waals surface area contributed by atoms with Gasteiger partial charge in [0.25, 0.3) is 0 Å². The Balaban J connectivity index is 0.00000123. The van der Waals surface area contributed by atoms with Gasteiger partial charge in [0.15, 0.2) is 0 Å². The molecule has 24 heavy (non-hydrogen) atoms. The molecule has 1 aliphatic rings. The van der Waals surface area contributed by atoms with E-state index in [2.05, 4.69) is 4.90 Å². The fourth-order valence-corrected chi connectivity index (χ4v) is 2.68. The van der Waals surface area contributed by atoms with Crippen molar-refractivity contribution in [3.63, 3.8) is 0 Å². The minimum absolute atomic E-state index is 0.0119. The molecule has 1 fully saturated rings. The molecule has 1 unspecified atom stereocenters. The zero-order valence-electron chi connectivity index (χ0n) is 15.5. The lowest BCUT2D eigenvalue weighted by Crippen LogP contribution is -2.39. The second-order valence-corrected chi connectivity index (χ2v) is 5.78. The summed E-state index contributed by atoms with van der Waals surface area (Å²) in [5, 5.41) is 9.56. The van der Waals surface area contributed by atoms with Crippen molar-refractivity contribution in [2.24, 2.45) is 0 Å². The summed E-state index contributed by atoms with van der Waals surface area (Å²) in [6.07, 6.45) is 1.20. The normalized spacial score (nSPS) is 16.3. The fraction of sp³-hybridized carbons (Fsp3) is 0.632. The predicted octanol–water partition coefficient (Wildman–Crippen LogP) is 4.66. The van der Waals surface area contributed by atoms with Crippen LogP contribution in [0.4, 0.5) is 4.39 Å². The Morgan fingerprint density at radius 1 is 1.29 bits per heavy atom. The second kappa shape index (κ2) is 12.4. The van der Waals surface area contributed by atoms with E-state index in [0.717, 1.165) is 25.9 Å². The van der Waals surface area contributed by atoms with E-state index in [9.17, 15) is 14.3 Å². The molecule has 1 aliphatic heterocycles. The number of ketones is 1. The number of Topliss-reactive ketones (excluding diaryl/α,β-unsaturated/α-hetero) is 1. The number of benzene rings is 1. The van der Waals surface area contributed by atoms with Crippen LogP contribution >= 0.6 is 11.6 Å². The third-order valence-corrected chi connectivity index (χ3v) is 4.14. The second-order valence-electron chi connectivity index (χ2n) is 5.37. The number of carbonyl (C=O) groups excluding carboxylic acids is 1. The zero-order valence-corrected chi connectivity index (χ0v) is 16.2. The average Bonchev–Trinajstić information content (AvgIpc) is 2.60. The van der Waals surface area contributed by atoms with Crippen LogP contribution in [0, 0.1) is 5.82 Å². The van der Waals surface area contributed by atoms with Crippen LogP contribution in [-0.2, 0) is 4.79 Å². The molecule has 0 spiro atoms. The van der Waals surface area contributed by atoms with Crippen molar-refractivity contribution in [2.45, 2.75) is 59.5 Å². The highest BCUT2D eigenvalue weighted by atomic mass is 35.5. The van der Waals surface area contributed by atoms with E-state index < -0.39 is 5.82 Å². The highest BCUT2D eigenvalue weighted by molar-refractivity contribution is 6.30. The van der Waals surface area contributed by atoms with E-state index >= 15 is 0 Å². The molecule has 1 saturated heterocycles. The quantitative estimate of drug-likeness (QED) is 0.849. The lowest BCUT2D eigenvalue weighted by atomic mass is 9.93. The van der Waals surface area contributed by atoms with Crippen molar-refractivity contribution in [1.29, 1.82) is 0 Å². The summed E-state index contributed by atoms with van der Waals surface area (Å²) >= 11 is 5.67. The number of rotatable bonds is 4. The Kier molecular flexibility index (Phi) is 11.9. The van der Waals surface area contributed by atoms with Gasteiger partial charge < -0.3 is 10.0 Å². The Morgan fingerprint density at radius 2 is 1.83 bits per heavy atom. The number of nitrogens with zero attached hydrogens (tertiary/aromatic N) is 1. The van der Waals surface area contributed by atoms with Crippen molar-refractivity contribution in [1.82, 2.24) is 4.90 Å². The van der Waals surface area contributed by atoms with Gasteiger partial charge in [-0.3, -0.25) is 4.79 Å². The molecule has 0 bridgehead atoms. The van der Waals surface area contributed by atoms with Gasteiger partial charge in [0, 0.05) is 19.6 Å². The van der Waals surface area contributed by atoms with E-state index in [1.165, 1.54) is 19.1 Å². The largest absolute Gasteiger partial charge is 0.393 e. The third kappa shape index (κ3) is 7.29. The van der Waals surface area contributed by atoms with Crippen molar-refractivity contribution < 1.29 is 14.3 Å². The van der Waals surface area contributed by atoms with Crippen molar-refractivity contribution in [3.05, 3.63) is 34.6 Å². The Morgan fingerprint density at radius 3 is 2.29 bits per heavy atom. The van der Waals surface area contributed by atoms with Gasteiger partial charge in [-0.2, -0.15) is 0 Å². The Hall–Kier alpha value is -0.970. The number of likely N-dealkylation sites (tertiary alicyclic amines) is 1. The number of piperidine rings is 1. The van der Waals surface area contributed by atoms with Gasteiger partial charge in [-0.05, 0) is 37.5 Å². The molecule has 3 nitrogen and oxygen atoms in total. The molecular formula is C19H31ClFNO2. The molecule has 138 valence electrons. The predicted molar refractivity (Wildman–Crippen MR) is 99.2 cm³/mol. The molecule has 2 rings (SSSR count). The average molecular weight is 360 g/mol. The van der Waals surface area contributed by atoms with Crippen LogP contribution in [0.15, 0.2) is 18.2 Å². The lowest BCUT2D eigenvalue weighted by molar-refractivity contribution is -0.119. The van der Waals surface area contributed by atoms with Crippen LogP contribution in [0.3, 0.4) is 0 Å². The first kappa shape index (κ1) is 23.0. The molecule has 0 aromatic heterocycles. The van der Waals surface area contributed by atoms with E-state index in [0.29, 0.717) is 12.1 Å². The smallest absolute Gasteiger partial charge is 0.142 e. The van der Waals surface area contributed by atoms with Gasteiger partial charge in [-0.1, -0.05) is 45.4 Å². The maximum absolute atomic E-state index is 13.5. The Labute approximate surface area is 150 Å². The Bertz CT molecular complexity index is 488. The molecule has 1 N–H and O–H groups in total. The number of hydrogen-bond donors (Lipinski definition) is 1. The summed E-state index contributed by atoms with van der Waals surface area (Å²) in [5.41, 5.74) is 0.658. The molecular weight excluding hydrogens is 329 g/mol. The van der Waals surface area contributed by atoms with Crippen LogP contribution in [0.1, 0.15) is 58.9 Å². The van der Waals surface area contributed by atoms with Gasteiger partial charge in [-0.15, -0.1) is 0 Å². The molecule has 5 heteroatoms. The summed E-state index contributed by atoms with van der Waals surface area (Å²) in [5.74, 6) is -0.834. The van der Waals surface area contributed by atoms with Gasteiger partial charge in [0.2, 0.25) is 0 Å².